The predicted molar refractivity (Wildman–Crippen MR) is 74.2 cm³/mol. The minimum atomic E-state index is 0.571. The average Bonchev–Trinajstić information content (AvgIpc) is 2.38. The molecule has 0 nitrogen and oxygen atoms in total. The summed E-state index contributed by atoms with van der Waals surface area (Å²) in [7, 11) is 0. The van der Waals surface area contributed by atoms with Crippen LogP contribution in [0.3, 0.4) is 0 Å². The summed E-state index contributed by atoms with van der Waals surface area (Å²) in [6.45, 7) is 4.39. The summed E-state index contributed by atoms with van der Waals surface area (Å²) in [5, 5.41) is 0. The molecule has 0 radical (unpaired) electrons. The summed E-state index contributed by atoms with van der Waals surface area (Å²) >= 11 is 0. The molecule has 0 N–H and O–H groups in total. The van der Waals surface area contributed by atoms with Crippen molar-refractivity contribution in [3.05, 3.63) is 34.9 Å². The summed E-state index contributed by atoms with van der Waals surface area (Å²) in [6.07, 6.45) is 7.24. The minimum absolute atomic E-state index is 0.571. The monoisotopic (exact) mass is 226 g/mol. The number of benzene rings is 1. The SMILES string of the molecule is CCC#CCC(C)c1ccc2c(c1)CCCC2. The molecule has 1 aromatic rings. The van der Waals surface area contributed by atoms with Crippen molar-refractivity contribution >= 4 is 0 Å². The van der Waals surface area contributed by atoms with Crippen molar-refractivity contribution in [1.29, 1.82) is 0 Å². The van der Waals surface area contributed by atoms with E-state index in [1.807, 2.05) is 0 Å². The Balaban J connectivity index is 2.10. The Labute approximate surface area is 105 Å². The van der Waals surface area contributed by atoms with Gasteiger partial charge in [0.05, 0.1) is 0 Å². The number of hydrogen-bond acceptors (Lipinski definition) is 0. The van der Waals surface area contributed by atoms with Crippen LogP contribution in [0.4, 0.5) is 0 Å². The average molecular weight is 226 g/mol. The van der Waals surface area contributed by atoms with Crippen molar-refractivity contribution in [3.63, 3.8) is 0 Å². The van der Waals surface area contributed by atoms with Gasteiger partial charge in [-0.2, -0.15) is 0 Å². The highest BCUT2D eigenvalue weighted by Gasteiger charge is 2.11. The zero-order valence-corrected chi connectivity index (χ0v) is 11.1. The Morgan fingerprint density at radius 1 is 1.12 bits per heavy atom. The van der Waals surface area contributed by atoms with Crippen molar-refractivity contribution in [2.45, 2.75) is 58.3 Å². The van der Waals surface area contributed by atoms with Crippen LogP contribution in [0.1, 0.15) is 62.1 Å². The van der Waals surface area contributed by atoms with E-state index in [0.717, 1.165) is 12.8 Å². The first-order valence-corrected chi connectivity index (χ1v) is 6.88. The Kier molecular flexibility index (Phi) is 4.26. The molecule has 0 aliphatic heterocycles. The molecule has 1 aliphatic carbocycles. The zero-order chi connectivity index (χ0) is 12.1. The first-order valence-electron chi connectivity index (χ1n) is 6.88. The Morgan fingerprint density at radius 2 is 1.88 bits per heavy atom. The molecule has 0 saturated heterocycles. The fraction of sp³-hybridized carbons (Fsp3) is 0.529. The molecule has 90 valence electrons. The molecular formula is C17H22. The molecule has 0 saturated carbocycles. The van der Waals surface area contributed by atoms with Gasteiger partial charge in [-0.1, -0.05) is 32.0 Å². The normalized spacial score (nSPS) is 15.6. The molecule has 17 heavy (non-hydrogen) atoms. The highest BCUT2D eigenvalue weighted by Crippen LogP contribution is 2.26. The van der Waals surface area contributed by atoms with Crippen molar-refractivity contribution in [3.8, 4) is 11.8 Å². The van der Waals surface area contributed by atoms with E-state index < -0.39 is 0 Å². The lowest BCUT2D eigenvalue weighted by molar-refractivity contribution is 0.681. The van der Waals surface area contributed by atoms with Gasteiger partial charge in [0.1, 0.15) is 0 Å². The van der Waals surface area contributed by atoms with Gasteiger partial charge in [0.2, 0.25) is 0 Å². The van der Waals surface area contributed by atoms with Gasteiger partial charge in [-0.05, 0) is 48.3 Å². The number of rotatable bonds is 2. The van der Waals surface area contributed by atoms with Gasteiger partial charge in [0.15, 0.2) is 0 Å². The minimum Gasteiger partial charge on any atom is -0.104 e. The van der Waals surface area contributed by atoms with E-state index in [9.17, 15) is 0 Å². The van der Waals surface area contributed by atoms with E-state index >= 15 is 0 Å². The second-order valence-electron chi connectivity index (χ2n) is 5.05. The maximum absolute atomic E-state index is 3.26. The zero-order valence-electron chi connectivity index (χ0n) is 11.1. The van der Waals surface area contributed by atoms with Crippen LogP contribution in [0.5, 0.6) is 0 Å². The lowest BCUT2D eigenvalue weighted by atomic mass is 9.87. The summed E-state index contributed by atoms with van der Waals surface area (Å²) in [5.41, 5.74) is 4.63. The first-order chi connectivity index (χ1) is 8.31. The van der Waals surface area contributed by atoms with Crippen LogP contribution in [-0.4, -0.2) is 0 Å². The summed E-state index contributed by atoms with van der Waals surface area (Å²) in [4.78, 5) is 0. The first kappa shape index (κ1) is 12.2. The Morgan fingerprint density at radius 3 is 2.65 bits per heavy atom. The van der Waals surface area contributed by atoms with Crippen molar-refractivity contribution in [1.82, 2.24) is 0 Å². The smallest absolute Gasteiger partial charge is 0.0155 e. The fourth-order valence-corrected chi connectivity index (χ4v) is 2.53. The molecule has 1 aliphatic rings. The lowest BCUT2D eigenvalue weighted by Gasteiger charge is -2.18. The molecule has 1 aromatic carbocycles. The molecule has 0 fully saturated rings. The second kappa shape index (κ2) is 5.92. The third kappa shape index (κ3) is 3.13. The van der Waals surface area contributed by atoms with Gasteiger partial charge in [-0.3, -0.25) is 0 Å². The number of hydrogen-bond donors (Lipinski definition) is 0. The predicted octanol–water partition coefficient (Wildman–Crippen LogP) is 4.47. The second-order valence-corrected chi connectivity index (χ2v) is 5.05. The largest absolute Gasteiger partial charge is 0.104 e. The van der Waals surface area contributed by atoms with E-state index in [1.54, 1.807) is 11.1 Å². The highest BCUT2D eigenvalue weighted by molar-refractivity contribution is 5.35. The van der Waals surface area contributed by atoms with Gasteiger partial charge >= 0.3 is 0 Å². The molecule has 0 heteroatoms. The van der Waals surface area contributed by atoms with E-state index in [2.05, 4.69) is 43.9 Å². The molecule has 0 amide bonds. The van der Waals surface area contributed by atoms with Crippen molar-refractivity contribution < 1.29 is 0 Å². The van der Waals surface area contributed by atoms with Gasteiger partial charge in [-0.15, -0.1) is 11.8 Å². The fourth-order valence-electron chi connectivity index (χ4n) is 2.53. The summed E-state index contributed by atoms with van der Waals surface area (Å²) < 4.78 is 0. The van der Waals surface area contributed by atoms with Crippen LogP contribution in [0, 0.1) is 11.8 Å². The highest BCUT2D eigenvalue weighted by atomic mass is 14.2. The van der Waals surface area contributed by atoms with Crippen molar-refractivity contribution in [2.75, 3.05) is 0 Å². The molecule has 0 aromatic heterocycles. The van der Waals surface area contributed by atoms with E-state index in [1.165, 1.54) is 31.2 Å². The lowest BCUT2D eigenvalue weighted by Crippen LogP contribution is -2.04. The molecule has 1 unspecified atom stereocenters. The van der Waals surface area contributed by atoms with E-state index in [-0.39, 0.29) is 0 Å². The molecule has 0 bridgehead atoms. The summed E-state index contributed by atoms with van der Waals surface area (Å²) in [5.74, 6) is 7.00. The maximum atomic E-state index is 3.26. The van der Waals surface area contributed by atoms with Crippen LogP contribution >= 0.6 is 0 Å². The number of aryl methyl sites for hydroxylation is 2. The quantitative estimate of drug-likeness (QED) is 0.653. The Bertz CT molecular complexity index is 431. The van der Waals surface area contributed by atoms with Crippen LogP contribution in [0.2, 0.25) is 0 Å². The van der Waals surface area contributed by atoms with Crippen LogP contribution in [0.15, 0.2) is 18.2 Å². The van der Waals surface area contributed by atoms with Crippen LogP contribution in [0.25, 0.3) is 0 Å². The van der Waals surface area contributed by atoms with E-state index in [0.29, 0.717) is 5.92 Å². The Hall–Kier alpha value is -1.22. The van der Waals surface area contributed by atoms with E-state index in [4.69, 9.17) is 0 Å². The van der Waals surface area contributed by atoms with Gasteiger partial charge < -0.3 is 0 Å². The molecule has 1 atom stereocenters. The third-order valence-electron chi connectivity index (χ3n) is 3.65. The standard InChI is InChI=1S/C17H22/c1-3-4-5-8-14(2)16-12-11-15-9-6-7-10-17(15)13-16/h11-14H,3,6-10H2,1-2H3. The van der Waals surface area contributed by atoms with Gasteiger partial charge in [0.25, 0.3) is 0 Å². The van der Waals surface area contributed by atoms with Crippen LogP contribution in [-0.2, 0) is 12.8 Å². The molecule has 0 heterocycles. The number of fused-ring (bicyclic) bond motifs is 1. The summed E-state index contributed by atoms with van der Waals surface area (Å²) in [6, 6.07) is 7.07. The van der Waals surface area contributed by atoms with Gasteiger partial charge in [-0.25, -0.2) is 0 Å². The molecule has 0 spiro atoms. The third-order valence-corrected chi connectivity index (χ3v) is 3.65. The molecule has 2 rings (SSSR count). The van der Waals surface area contributed by atoms with Crippen LogP contribution < -0.4 is 0 Å². The van der Waals surface area contributed by atoms with Crippen molar-refractivity contribution in [2.24, 2.45) is 0 Å². The van der Waals surface area contributed by atoms with Gasteiger partial charge in [0, 0.05) is 12.8 Å². The maximum Gasteiger partial charge on any atom is 0.0155 e. The molecular weight excluding hydrogens is 204 g/mol. The topological polar surface area (TPSA) is 0 Å².